The number of nitrogens with one attached hydrogen (secondary N) is 1. The van der Waals surface area contributed by atoms with Crippen LogP contribution in [-0.4, -0.2) is 36.1 Å². The van der Waals surface area contributed by atoms with Gasteiger partial charge in [-0.15, -0.1) is 0 Å². The second-order valence-electron chi connectivity index (χ2n) is 4.99. The van der Waals surface area contributed by atoms with Crippen molar-refractivity contribution in [3.8, 4) is 0 Å². The lowest BCUT2D eigenvalue weighted by molar-refractivity contribution is -0.140. The highest BCUT2D eigenvalue weighted by molar-refractivity contribution is 7.54. The Balaban J connectivity index is 5.02. The molecule has 7 heteroatoms. The van der Waals surface area contributed by atoms with E-state index < -0.39 is 25.4 Å². The van der Waals surface area contributed by atoms with Gasteiger partial charge in [0.15, 0.2) is 0 Å². The third kappa shape index (κ3) is 6.35. The first-order valence-corrected chi connectivity index (χ1v) is 8.79. The Hall–Kier alpha value is -0.420. The van der Waals surface area contributed by atoms with E-state index in [1.807, 2.05) is 20.8 Å². The van der Waals surface area contributed by atoms with Crippen molar-refractivity contribution >= 4 is 13.6 Å². The number of rotatable bonds is 11. The fourth-order valence-corrected chi connectivity index (χ4v) is 3.92. The van der Waals surface area contributed by atoms with E-state index in [4.69, 9.17) is 9.05 Å². The summed E-state index contributed by atoms with van der Waals surface area (Å²) in [6.45, 7) is 9.72. The second kappa shape index (κ2) is 9.50. The highest BCUT2D eigenvalue weighted by Gasteiger charge is 2.37. The smallest absolute Gasteiger partial charge is 0.347 e. The lowest BCUT2D eigenvalue weighted by Crippen LogP contribution is -2.44. The van der Waals surface area contributed by atoms with Gasteiger partial charge in [0.05, 0.1) is 13.2 Å². The molecule has 0 spiro atoms. The van der Waals surface area contributed by atoms with Crippen molar-refractivity contribution in [3.05, 3.63) is 0 Å². The molecular formula is C13H28NO5P. The fraction of sp³-hybridized carbons (Fsp3) is 0.923. The molecule has 0 aromatic rings. The Morgan fingerprint density at radius 2 is 1.70 bits per heavy atom. The van der Waals surface area contributed by atoms with Gasteiger partial charge in [0.1, 0.15) is 11.8 Å². The van der Waals surface area contributed by atoms with Crippen molar-refractivity contribution in [2.24, 2.45) is 5.92 Å². The molecule has 2 N–H and O–H groups in total. The van der Waals surface area contributed by atoms with Crippen LogP contribution in [0.5, 0.6) is 0 Å². The Kier molecular flexibility index (Phi) is 9.30. The molecule has 0 bridgehead atoms. The summed E-state index contributed by atoms with van der Waals surface area (Å²) in [6.07, 6.45) is 0.934. The van der Waals surface area contributed by atoms with Crippen LogP contribution in [0.15, 0.2) is 0 Å². The zero-order valence-electron chi connectivity index (χ0n) is 13.1. The van der Waals surface area contributed by atoms with Gasteiger partial charge in [-0.2, -0.15) is 0 Å². The molecule has 0 heterocycles. The average molecular weight is 309 g/mol. The molecule has 6 nitrogen and oxygen atoms in total. The summed E-state index contributed by atoms with van der Waals surface area (Å²) >= 11 is 0. The Labute approximate surface area is 121 Å². The summed E-state index contributed by atoms with van der Waals surface area (Å²) in [7, 11) is -3.34. The normalized spacial score (nSPS) is 15.3. The van der Waals surface area contributed by atoms with Gasteiger partial charge in [-0.3, -0.25) is 14.7 Å². The van der Waals surface area contributed by atoms with Crippen LogP contribution >= 0.6 is 7.60 Å². The van der Waals surface area contributed by atoms with Gasteiger partial charge in [0.2, 0.25) is 0 Å². The highest BCUT2D eigenvalue weighted by atomic mass is 31.2. The first-order valence-electron chi connectivity index (χ1n) is 7.18. The van der Waals surface area contributed by atoms with Gasteiger partial charge in [-0.1, -0.05) is 20.8 Å². The van der Waals surface area contributed by atoms with E-state index in [9.17, 15) is 14.5 Å². The summed E-state index contributed by atoms with van der Waals surface area (Å²) in [4.78, 5) is 11.3. The zero-order valence-corrected chi connectivity index (χ0v) is 14.0. The first kappa shape index (κ1) is 19.6. The van der Waals surface area contributed by atoms with Crippen LogP contribution in [0, 0.1) is 5.92 Å². The van der Waals surface area contributed by atoms with Crippen LogP contribution < -0.4 is 5.32 Å². The monoisotopic (exact) mass is 309 g/mol. The molecule has 20 heavy (non-hydrogen) atoms. The molecule has 0 saturated heterocycles. The maximum atomic E-state index is 12.7. The highest BCUT2D eigenvalue weighted by Crippen LogP contribution is 2.53. The Morgan fingerprint density at radius 1 is 1.20 bits per heavy atom. The molecular weight excluding hydrogens is 281 g/mol. The van der Waals surface area contributed by atoms with E-state index in [2.05, 4.69) is 5.32 Å². The minimum absolute atomic E-state index is 0.222. The maximum Gasteiger partial charge on any atom is 0.347 e. The summed E-state index contributed by atoms with van der Waals surface area (Å²) < 4.78 is 23.3. The van der Waals surface area contributed by atoms with E-state index >= 15 is 0 Å². The summed E-state index contributed by atoms with van der Waals surface area (Å²) in [6, 6.07) is -0.755. The van der Waals surface area contributed by atoms with Crippen molar-refractivity contribution < 1.29 is 23.5 Å². The molecule has 2 atom stereocenters. The van der Waals surface area contributed by atoms with Gasteiger partial charge < -0.3 is 14.2 Å². The Bertz CT molecular complexity index is 325. The van der Waals surface area contributed by atoms with Gasteiger partial charge in [0, 0.05) is 0 Å². The maximum absolute atomic E-state index is 12.7. The van der Waals surface area contributed by atoms with E-state index in [-0.39, 0.29) is 19.1 Å². The minimum atomic E-state index is -3.34. The molecule has 0 aromatic heterocycles. The van der Waals surface area contributed by atoms with E-state index in [0.29, 0.717) is 12.8 Å². The first-order chi connectivity index (χ1) is 9.30. The van der Waals surface area contributed by atoms with Crippen molar-refractivity contribution in [3.63, 3.8) is 0 Å². The molecule has 0 amide bonds. The van der Waals surface area contributed by atoms with E-state index in [1.165, 1.54) is 0 Å². The number of hydrogen-bond acceptors (Lipinski definition) is 5. The van der Waals surface area contributed by atoms with Crippen LogP contribution in [-0.2, 0) is 18.4 Å². The molecule has 0 aliphatic rings. The Morgan fingerprint density at radius 3 is 2.00 bits per heavy atom. The van der Waals surface area contributed by atoms with E-state index in [0.717, 1.165) is 0 Å². The molecule has 0 unspecified atom stereocenters. The third-order valence-corrected chi connectivity index (χ3v) is 5.30. The molecule has 0 rings (SSSR count). The number of carboxylic acid groups (broad SMARTS) is 1. The molecule has 0 saturated carbocycles. The second-order valence-corrected chi connectivity index (χ2v) is 7.21. The van der Waals surface area contributed by atoms with Gasteiger partial charge in [0.25, 0.3) is 0 Å². The van der Waals surface area contributed by atoms with Crippen LogP contribution in [0.2, 0.25) is 0 Å². The molecule has 0 aliphatic heterocycles. The lowest BCUT2D eigenvalue weighted by Gasteiger charge is -2.29. The number of hydrogen-bond donors (Lipinski definition) is 2. The van der Waals surface area contributed by atoms with Crippen LogP contribution in [0.4, 0.5) is 0 Å². The van der Waals surface area contributed by atoms with Gasteiger partial charge in [-0.25, -0.2) is 0 Å². The predicted octanol–water partition coefficient (Wildman–Crippen LogP) is 3.08. The van der Waals surface area contributed by atoms with E-state index in [1.54, 1.807) is 13.8 Å². The van der Waals surface area contributed by atoms with Gasteiger partial charge in [-0.05, 0) is 32.6 Å². The third-order valence-electron chi connectivity index (χ3n) is 2.79. The van der Waals surface area contributed by atoms with Crippen LogP contribution in [0.1, 0.15) is 47.5 Å². The molecule has 0 fully saturated rings. The average Bonchev–Trinajstić information content (AvgIpc) is 2.33. The van der Waals surface area contributed by atoms with Crippen molar-refractivity contribution in [1.82, 2.24) is 5.32 Å². The standard InChI is InChI=1S/C13H28NO5P/c1-6-12(20(17,18-7-2)19-8-3)14-11(13(15)16)9-10(4)5/h10-12,14H,6-9H2,1-5H3,(H,15,16)/t11-,12-/m1/s1. The number of carbonyl (C=O) groups is 1. The largest absolute Gasteiger partial charge is 0.480 e. The van der Waals surface area contributed by atoms with Gasteiger partial charge >= 0.3 is 13.6 Å². The van der Waals surface area contributed by atoms with Crippen molar-refractivity contribution in [2.45, 2.75) is 59.3 Å². The van der Waals surface area contributed by atoms with Crippen LogP contribution in [0.25, 0.3) is 0 Å². The fourth-order valence-electron chi connectivity index (χ4n) is 1.95. The summed E-state index contributed by atoms with van der Waals surface area (Å²) in [5, 5.41) is 12.2. The zero-order chi connectivity index (χ0) is 15.8. The topological polar surface area (TPSA) is 84.9 Å². The lowest BCUT2D eigenvalue weighted by atomic mass is 10.0. The predicted molar refractivity (Wildman–Crippen MR) is 79.0 cm³/mol. The van der Waals surface area contributed by atoms with Crippen molar-refractivity contribution in [1.29, 1.82) is 0 Å². The molecule has 0 aliphatic carbocycles. The van der Waals surface area contributed by atoms with Crippen LogP contribution in [0.3, 0.4) is 0 Å². The molecule has 0 radical (unpaired) electrons. The summed E-state index contributed by atoms with van der Waals surface area (Å²) in [5.41, 5.74) is 0. The molecule has 120 valence electrons. The van der Waals surface area contributed by atoms with Crippen molar-refractivity contribution in [2.75, 3.05) is 13.2 Å². The number of aliphatic carboxylic acids is 1. The molecule has 0 aromatic carbocycles. The SMILES string of the molecule is CCOP(=O)(OCC)[C@H](CC)N[C@H](CC(C)C)C(=O)O. The number of carboxylic acids is 1. The summed E-state index contributed by atoms with van der Waals surface area (Å²) in [5.74, 6) is -1.33. The quantitative estimate of drug-likeness (QED) is 0.571. The minimum Gasteiger partial charge on any atom is -0.480 e.